The molecule has 0 saturated carbocycles. The number of nitriles is 1. The number of aliphatic hydroxyl groups is 1. The Kier molecular flexibility index (Phi) is 3.95. The van der Waals surface area contributed by atoms with Gasteiger partial charge in [0.25, 0.3) is 0 Å². The lowest BCUT2D eigenvalue weighted by Gasteiger charge is -2.34. The summed E-state index contributed by atoms with van der Waals surface area (Å²) in [6.07, 6.45) is 0.571. The molecule has 0 amide bonds. The second kappa shape index (κ2) is 5.47. The van der Waals surface area contributed by atoms with Crippen molar-refractivity contribution in [2.45, 2.75) is 26.0 Å². The Morgan fingerprint density at radius 2 is 2.33 bits per heavy atom. The standard InChI is InChI=1S/C14H17FN2O/c1-10-4-5-17(9-14(10)18)8-12-6-11(7-16)2-3-13(12)15/h2-3,6,10,14,18H,4-5,8-9H2,1H3. The predicted octanol–water partition coefficient (Wildman–Crippen LogP) is 1.90. The molecule has 1 aromatic carbocycles. The number of benzene rings is 1. The number of hydrogen-bond acceptors (Lipinski definition) is 3. The van der Waals surface area contributed by atoms with E-state index in [1.165, 1.54) is 12.1 Å². The van der Waals surface area contributed by atoms with Crippen LogP contribution in [0.1, 0.15) is 24.5 Å². The molecule has 0 bridgehead atoms. The van der Waals surface area contributed by atoms with E-state index in [-0.39, 0.29) is 11.9 Å². The maximum atomic E-state index is 13.6. The highest BCUT2D eigenvalue weighted by Crippen LogP contribution is 2.20. The second-order valence-corrected chi connectivity index (χ2v) is 4.99. The molecule has 1 saturated heterocycles. The van der Waals surface area contributed by atoms with Crippen molar-refractivity contribution >= 4 is 0 Å². The molecule has 1 aliphatic heterocycles. The Hall–Kier alpha value is -1.44. The number of piperidine rings is 1. The average Bonchev–Trinajstić information content (AvgIpc) is 2.36. The topological polar surface area (TPSA) is 47.3 Å². The van der Waals surface area contributed by atoms with Gasteiger partial charge in [-0.2, -0.15) is 5.26 Å². The van der Waals surface area contributed by atoms with Crippen molar-refractivity contribution in [3.05, 3.63) is 35.1 Å². The van der Waals surface area contributed by atoms with E-state index in [2.05, 4.69) is 0 Å². The summed E-state index contributed by atoms with van der Waals surface area (Å²) in [7, 11) is 0. The van der Waals surface area contributed by atoms with Gasteiger partial charge in [-0.3, -0.25) is 4.90 Å². The van der Waals surface area contributed by atoms with Crippen LogP contribution in [0.15, 0.2) is 18.2 Å². The Labute approximate surface area is 106 Å². The summed E-state index contributed by atoms with van der Waals surface area (Å²) in [5.74, 6) is 0.0126. The smallest absolute Gasteiger partial charge is 0.127 e. The van der Waals surface area contributed by atoms with Crippen molar-refractivity contribution in [3.8, 4) is 6.07 Å². The molecule has 3 nitrogen and oxygen atoms in total. The molecule has 1 aromatic rings. The summed E-state index contributed by atoms with van der Waals surface area (Å²) < 4.78 is 13.6. The molecule has 1 aliphatic rings. The highest BCUT2D eigenvalue weighted by molar-refractivity contribution is 5.33. The normalized spacial score (nSPS) is 24.8. The number of hydrogen-bond donors (Lipinski definition) is 1. The molecule has 2 atom stereocenters. The van der Waals surface area contributed by atoms with Gasteiger partial charge in [0, 0.05) is 18.7 Å². The van der Waals surface area contributed by atoms with Crippen molar-refractivity contribution in [1.29, 1.82) is 5.26 Å². The average molecular weight is 248 g/mol. The fourth-order valence-corrected chi connectivity index (χ4v) is 2.26. The van der Waals surface area contributed by atoms with Crippen LogP contribution >= 0.6 is 0 Å². The Bertz CT molecular complexity index is 469. The first-order chi connectivity index (χ1) is 8.60. The monoisotopic (exact) mass is 248 g/mol. The first-order valence-corrected chi connectivity index (χ1v) is 6.19. The van der Waals surface area contributed by atoms with Gasteiger partial charge in [0.15, 0.2) is 0 Å². The second-order valence-electron chi connectivity index (χ2n) is 4.99. The maximum absolute atomic E-state index is 13.6. The van der Waals surface area contributed by atoms with Crippen molar-refractivity contribution in [2.24, 2.45) is 5.92 Å². The van der Waals surface area contributed by atoms with E-state index in [1.807, 2.05) is 17.9 Å². The van der Waals surface area contributed by atoms with Crippen molar-refractivity contribution in [1.82, 2.24) is 4.90 Å². The van der Waals surface area contributed by atoms with Crippen LogP contribution in [0, 0.1) is 23.1 Å². The fraction of sp³-hybridized carbons (Fsp3) is 0.500. The van der Waals surface area contributed by atoms with Crippen LogP contribution in [0.2, 0.25) is 0 Å². The zero-order chi connectivity index (χ0) is 13.1. The van der Waals surface area contributed by atoms with Crippen LogP contribution < -0.4 is 0 Å². The van der Waals surface area contributed by atoms with E-state index in [4.69, 9.17) is 5.26 Å². The number of halogens is 1. The molecule has 1 heterocycles. The minimum atomic E-state index is -0.346. The van der Waals surface area contributed by atoms with Crippen molar-refractivity contribution < 1.29 is 9.50 Å². The molecule has 96 valence electrons. The third-order valence-electron chi connectivity index (χ3n) is 3.57. The molecule has 0 aliphatic carbocycles. The molecular weight excluding hydrogens is 231 g/mol. The zero-order valence-corrected chi connectivity index (χ0v) is 10.4. The summed E-state index contributed by atoms with van der Waals surface area (Å²) in [5.41, 5.74) is 0.994. The number of aliphatic hydroxyl groups excluding tert-OH is 1. The maximum Gasteiger partial charge on any atom is 0.127 e. The van der Waals surface area contributed by atoms with Gasteiger partial charge in [-0.25, -0.2) is 4.39 Å². The van der Waals surface area contributed by atoms with Crippen LogP contribution in [-0.2, 0) is 6.54 Å². The summed E-state index contributed by atoms with van der Waals surface area (Å²) in [6.45, 7) is 3.90. The molecule has 1 fully saturated rings. The van der Waals surface area contributed by atoms with Gasteiger partial charge in [0.05, 0.1) is 17.7 Å². The SMILES string of the molecule is CC1CCN(Cc2cc(C#N)ccc2F)CC1O. The van der Waals surface area contributed by atoms with Crippen LogP contribution in [0.25, 0.3) is 0 Å². The molecular formula is C14H17FN2O. The Balaban J connectivity index is 2.08. The first kappa shape index (κ1) is 13.0. The molecule has 1 N–H and O–H groups in total. The quantitative estimate of drug-likeness (QED) is 0.869. The Morgan fingerprint density at radius 1 is 1.56 bits per heavy atom. The van der Waals surface area contributed by atoms with E-state index >= 15 is 0 Å². The number of likely N-dealkylation sites (tertiary alicyclic amines) is 1. The number of β-amino-alcohol motifs (C(OH)–C–C–N with tert-alkyl or cyclic N) is 1. The number of rotatable bonds is 2. The summed E-state index contributed by atoms with van der Waals surface area (Å²) in [6, 6.07) is 6.40. The lowest BCUT2D eigenvalue weighted by molar-refractivity contribution is 0.0255. The largest absolute Gasteiger partial charge is 0.392 e. The van der Waals surface area contributed by atoms with Crippen molar-refractivity contribution in [3.63, 3.8) is 0 Å². The molecule has 0 radical (unpaired) electrons. The fourth-order valence-electron chi connectivity index (χ4n) is 2.26. The van der Waals surface area contributed by atoms with Crippen LogP contribution in [0.5, 0.6) is 0 Å². The number of nitrogens with zero attached hydrogens (tertiary/aromatic N) is 2. The molecule has 18 heavy (non-hydrogen) atoms. The third-order valence-corrected chi connectivity index (χ3v) is 3.57. The third kappa shape index (κ3) is 2.87. The summed E-state index contributed by atoms with van der Waals surface area (Å²) in [5, 5.41) is 18.6. The predicted molar refractivity (Wildman–Crippen MR) is 66.2 cm³/mol. The zero-order valence-electron chi connectivity index (χ0n) is 10.4. The van der Waals surface area contributed by atoms with Gasteiger partial charge in [-0.05, 0) is 37.1 Å². The highest BCUT2D eigenvalue weighted by atomic mass is 19.1. The Morgan fingerprint density at radius 3 is 3.00 bits per heavy atom. The van der Waals surface area contributed by atoms with Gasteiger partial charge < -0.3 is 5.11 Å². The van der Waals surface area contributed by atoms with Gasteiger partial charge in [-0.15, -0.1) is 0 Å². The van der Waals surface area contributed by atoms with E-state index < -0.39 is 0 Å². The minimum Gasteiger partial charge on any atom is -0.392 e. The van der Waals surface area contributed by atoms with E-state index in [0.29, 0.717) is 30.1 Å². The summed E-state index contributed by atoms with van der Waals surface area (Å²) in [4.78, 5) is 2.03. The van der Waals surface area contributed by atoms with Crippen LogP contribution in [0.4, 0.5) is 4.39 Å². The van der Waals surface area contributed by atoms with Crippen LogP contribution in [0.3, 0.4) is 0 Å². The molecule has 0 aromatic heterocycles. The van der Waals surface area contributed by atoms with Crippen LogP contribution in [-0.4, -0.2) is 29.2 Å². The van der Waals surface area contributed by atoms with Gasteiger partial charge in [0.2, 0.25) is 0 Å². The van der Waals surface area contributed by atoms with Gasteiger partial charge >= 0.3 is 0 Å². The molecule has 2 unspecified atom stereocenters. The van der Waals surface area contributed by atoms with E-state index in [1.54, 1.807) is 6.07 Å². The van der Waals surface area contributed by atoms with Gasteiger partial charge in [-0.1, -0.05) is 6.92 Å². The molecule has 4 heteroatoms. The highest BCUT2D eigenvalue weighted by Gasteiger charge is 2.24. The molecule has 2 rings (SSSR count). The van der Waals surface area contributed by atoms with E-state index in [9.17, 15) is 9.50 Å². The van der Waals surface area contributed by atoms with Gasteiger partial charge in [0.1, 0.15) is 5.82 Å². The van der Waals surface area contributed by atoms with E-state index in [0.717, 1.165) is 13.0 Å². The molecule has 0 spiro atoms. The lowest BCUT2D eigenvalue weighted by atomic mass is 9.95. The summed E-state index contributed by atoms with van der Waals surface area (Å²) >= 11 is 0. The minimum absolute atomic E-state index is 0.290. The lowest BCUT2D eigenvalue weighted by Crippen LogP contribution is -2.42. The van der Waals surface area contributed by atoms with Crippen molar-refractivity contribution in [2.75, 3.05) is 13.1 Å². The first-order valence-electron chi connectivity index (χ1n) is 6.19.